The first-order chi connectivity index (χ1) is 9.67. The van der Waals surface area contributed by atoms with E-state index in [4.69, 9.17) is 16.3 Å². The fraction of sp³-hybridized carbons (Fsp3) is 0.250. The first kappa shape index (κ1) is 15.4. The molecule has 0 aliphatic carbocycles. The molecule has 0 aliphatic heterocycles. The van der Waals surface area contributed by atoms with Crippen LogP contribution in [-0.4, -0.2) is 19.7 Å². The lowest BCUT2D eigenvalue weighted by Crippen LogP contribution is -2.33. The van der Waals surface area contributed by atoms with E-state index in [0.717, 1.165) is 16.6 Å². The molecule has 4 heteroatoms. The zero-order valence-corrected chi connectivity index (χ0v) is 13.6. The van der Waals surface area contributed by atoms with Crippen LogP contribution in [0.2, 0.25) is 5.02 Å². The van der Waals surface area contributed by atoms with Gasteiger partial charge in [0.2, 0.25) is 0 Å². The maximum absolute atomic E-state index is 5.94. The molecule has 0 radical (unpaired) electrons. The molecule has 2 aromatic carbocycles. The molecule has 0 bridgehead atoms. The van der Waals surface area contributed by atoms with Gasteiger partial charge in [-0.3, -0.25) is 0 Å². The third kappa shape index (κ3) is 4.82. The first-order valence-corrected chi connectivity index (χ1v) is 7.64. The third-order valence-corrected chi connectivity index (χ3v) is 3.81. The predicted molar refractivity (Wildman–Crippen MR) is 87.6 cm³/mol. The van der Waals surface area contributed by atoms with Crippen LogP contribution in [0.3, 0.4) is 0 Å². The summed E-state index contributed by atoms with van der Waals surface area (Å²) in [7, 11) is 1.95. The summed E-state index contributed by atoms with van der Waals surface area (Å²) < 4.78 is 6.87. The molecule has 0 heterocycles. The van der Waals surface area contributed by atoms with Gasteiger partial charge in [-0.25, -0.2) is 0 Å². The zero-order chi connectivity index (χ0) is 14.4. The van der Waals surface area contributed by atoms with Gasteiger partial charge in [-0.2, -0.15) is 0 Å². The Morgan fingerprint density at radius 3 is 2.60 bits per heavy atom. The van der Waals surface area contributed by atoms with Crippen LogP contribution >= 0.6 is 27.5 Å². The van der Waals surface area contributed by atoms with E-state index in [9.17, 15) is 0 Å². The molecule has 0 aliphatic rings. The lowest BCUT2D eigenvalue weighted by atomic mass is 10.1. The van der Waals surface area contributed by atoms with Crippen LogP contribution < -0.4 is 10.1 Å². The van der Waals surface area contributed by atoms with Crippen molar-refractivity contribution in [1.82, 2.24) is 5.32 Å². The Labute approximate surface area is 133 Å². The van der Waals surface area contributed by atoms with Crippen molar-refractivity contribution in [3.63, 3.8) is 0 Å². The minimum Gasteiger partial charge on any atom is -0.492 e. The van der Waals surface area contributed by atoms with Gasteiger partial charge >= 0.3 is 0 Å². The van der Waals surface area contributed by atoms with Gasteiger partial charge in [-0.15, -0.1) is 0 Å². The molecule has 0 aromatic heterocycles. The third-order valence-electron chi connectivity index (χ3n) is 3.05. The Kier molecular flexibility index (Phi) is 5.89. The monoisotopic (exact) mass is 353 g/mol. The molecule has 0 amide bonds. The van der Waals surface area contributed by atoms with Crippen LogP contribution in [0.5, 0.6) is 5.75 Å². The molecule has 0 saturated heterocycles. The van der Waals surface area contributed by atoms with E-state index in [1.54, 1.807) is 0 Å². The summed E-state index contributed by atoms with van der Waals surface area (Å²) >= 11 is 9.38. The number of halogens is 2. The minimum absolute atomic E-state index is 0.259. The molecule has 1 N–H and O–H groups in total. The molecular formula is C16H17BrClNO. The highest BCUT2D eigenvalue weighted by atomic mass is 79.9. The summed E-state index contributed by atoms with van der Waals surface area (Å²) in [5.41, 5.74) is 1.28. The Morgan fingerprint density at radius 1 is 1.20 bits per heavy atom. The van der Waals surface area contributed by atoms with Gasteiger partial charge < -0.3 is 10.1 Å². The van der Waals surface area contributed by atoms with Gasteiger partial charge in [0, 0.05) is 15.5 Å². The highest BCUT2D eigenvalue weighted by molar-refractivity contribution is 9.10. The minimum atomic E-state index is 0.259. The maximum atomic E-state index is 5.94. The van der Waals surface area contributed by atoms with Crippen molar-refractivity contribution in [2.24, 2.45) is 0 Å². The standard InChI is InChI=1S/C16H17BrClNO/c1-19-15(9-12-5-7-13(17)8-6-12)11-20-16-4-2-3-14(18)10-16/h2-8,10,15,19H,9,11H2,1H3. The van der Waals surface area contributed by atoms with Crippen LogP contribution in [0.1, 0.15) is 5.56 Å². The van der Waals surface area contributed by atoms with Crippen LogP contribution in [0, 0.1) is 0 Å². The van der Waals surface area contributed by atoms with Gasteiger partial charge in [0.25, 0.3) is 0 Å². The fourth-order valence-electron chi connectivity index (χ4n) is 1.90. The number of hydrogen-bond donors (Lipinski definition) is 1. The molecule has 20 heavy (non-hydrogen) atoms. The summed E-state index contributed by atoms with van der Waals surface area (Å²) in [5, 5.41) is 3.97. The summed E-state index contributed by atoms with van der Waals surface area (Å²) in [4.78, 5) is 0. The number of nitrogens with one attached hydrogen (secondary N) is 1. The lowest BCUT2D eigenvalue weighted by Gasteiger charge is -2.17. The molecule has 2 rings (SSSR count). The second kappa shape index (κ2) is 7.67. The topological polar surface area (TPSA) is 21.3 Å². The second-order valence-electron chi connectivity index (χ2n) is 4.58. The van der Waals surface area contributed by atoms with Crippen molar-refractivity contribution in [2.75, 3.05) is 13.7 Å². The van der Waals surface area contributed by atoms with Gasteiger partial charge in [-0.1, -0.05) is 45.7 Å². The SMILES string of the molecule is CNC(COc1cccc(Cl)c1)Cc1ccc(Br)cc1. The molecule has 2 nitrogen and oxygen atoms in total. The Hall–Kier alpha value is -1.03. The fourth-order valence-corrected chi connectivity index (χ4v) is 2.35. The molecule has 2 aromatic rings. The van der Waals surface area contributed by atoms with Gasteiger partial charge in [0.15, 0.2) is 0 Å². The van der Waals surface area contributed by atoms with E-state index in [-0.39, 0.29) is 6.04 Å². The molecular weight excluding hydrogens is 338 g/mol. The van der Waals surface area contributed by atoms with Crippen LogP contribution in [-0.2, 0) is 6.42 Å². The normalized spacial score (nSPS) is 12.2. The Balaban J connectivity index is 1.90. The highest BCUT2D eigenvalue weighted by Gasteiger charge is 2.08. The van der Waals surface area contributed by atoms with Crippen molar-refractivity contribution in [1.29, 1.82) is 0 Å². The molecule has 1 atom stereocenters. The molecule has 0 saturated carbocycles. The van der Waals surface area contributed by atoms with Gasteiger partial charge in [0.05, 0.1) is 0 Å². The predicted octanol–water partition coefficient (Wildman–Crippen LogP) is 4.31. The van der Waals surface area contributed by atoms with Crippen molar-refractivity contribution in [2.45, 2.75) is 12.5 Å². The van der Waals surface area contributed by atoms with Crippen molar-refractivity contribution in [3.05, 3.63) is 63.6 Å². The average molecular weight is 355 g/mol. The van der Waals surface area contributed by atoms with Crippen LogP contribution in [0.25, 0.3) is 0 Å². The van der Waals surface area contributed by atoms with E-state index in [1.807, 2.05) is 31.3 Å². The number of hydrogen-bond acceptors (Lipinski definition) is 2. The number of likely N-dealkylation sites (N-methyl/N-ethyl adjacent to an activating group) is 1. The van der Waals surface area contributed by atoms with E-state index in [1.165, 1.54) is 5.56 Å². The lowest BCUT2D eigenvalue weighted by molar-refractivity contribution is 0.270. The average Bonchev–Trinajstić information content (AvgIpc) is 2.45. The number of benzene rings is 2. The molecule has 106 valence electrons. The van der Waals surface area contributed by atoms with Gasteiger partial charge in [-0.05, 0) is 49.4 Å². The zero-order valence-electron chi connectivity index (χ0n) is 11.3. The smallest absolute Gasteiger partial charge is 0.120 e. The maximum Gasteiger partial charge on any atom is 0.120 e. The summed E-state index contributed by atoms with van der Waals surface area (Å²) in [5.74, 6) is 0.800. The van der Waals surface area contributed by atoms with E-state index in [0.29, 0.717) is 11.6 Å². The largest absolute Gasteiger partial charge is 0.492 e. The summed E-state index contributed by atoms with van der Waals surface area (Å²) in [6.45, 7) is 0.604. The highest BCUT2D eigenvalue weighted by Crippen LogP contribution is 2.18. The molecule has 1 unspecified atom stereocenters. The quantitative estimate of drug-likeness (QED) is 0.834. The van der Waals surface area contributed by atoms with Crippen molar-refractivity contribution >= 4 is 27.5 Å². The Bertz CT molecular complexity index is 544. The Morgan fingerprint density at radius 2 is 1.95 bits per heavy atom. The number of rotatable bonds is 6. The summed E-state index contributed by atoms with van der Waals surface area (Å²) in [6, 6.07) is 16.1. The van der Waals surface area contributed by atoms with E-state index in [2.05, 4.69) is 45.5 Å². The van der Waals surface area contributed by atoms with Crippen LogP contribution in [0.15, 0.2) is 53.0 Å². The van der Waals surface area contributed by atoms with Gasteiger partial charge in [0.1, 0.15) is 12.4 Å². The van der Waals surface area contributed by atoms with Crippen molar-refractivity contribution < 1.29 is 4.74 Å². The van der Waals surface area contributed by atoms with E-state index >= 15 is 0 Å². The number of ether oxygens (including phenoxy) is 1. The van der Waals surface area contributed by atoms with E-state index < -0.39 is 0 Å². The second-order valence-corrected chi connectivity index (χ2v) is 5.94. The summed E-state index contributed by atoms with van der Waals surface area (Å²) in [6.07, 6.45) is 0.921. The molecule has 0 fully saturated rings. The van der Waals surface area contributed by atoms with Crippen LogP contribution in [0.4, 0.5) is 0 Å². The van der Waals surface area contributed by atoms with Crippen molar-refractivity contribution in [3.8, 4) is 5.75 Å². The molecule has 0 spiro atoms. The first-order valence-electron chi connectivity index (χ1n) is 6.47.